The third kappa shape index (κ3) is 4.22. The molecule has 1 atom stereocenters. The molecule has 2 saturated heterocycles. The van der Waals surface area contributed by atoms with E-state index in [9.17, 15) is 23.1 Å². The van der Waals surface area contributed by atoms with Gasteiger partial charge in [0.15, 0.2) is 0 Å². The first-order valence-corrected chi connectivity index (χ1v) is 14.3. The van der Waals surface area contributed by atoms with Crippen LogP contribution in [-0.4, -0.2) is 66.1 Å². The summed E-state index contributed by atoms with van der Waals surface area (Å²) in [5, 5.41) is 9.79. The largest absolute Gasteiger partial charge is 0.477 e. The fourth-order valence-corrected chi connectivity index (χ4v) is 7.16. The van der Waals surface area contributed by atoms with Gasteiger partial charge in [0.25, 0.3) is 0 Å². The summed E-state index contributed by atoms with van der Waals surface area (Å²) < 4.78 is 52.8. The molecule has 1 aliphatic carbocycles. The van der Waals surface area contributed by atoms with Crippen LogP contribution in [0.1, 0.15) is 48.8 Å². The second-order valence-corrected chi connectivity index (χ2v) is 12.8. The summed E-state index contributed by atoms with van der Waals surface area (Å²) in [6.07, 6.45) is 1.23. The van der Waals surface area contributed by atoms with Crippen LogP contribution in [-0.2, 0) is 19.5 Å². The molecule has 1 amide bonds. The molecule has 0 radical (unpaired) electrons. The van der Waals surface area contributed by atoms with Crippen molar-refractivity contribution in [2.45, 2.75) is 43.6 Å². The van der Waals surface area contributed by atoms with E-state index in [1.54, 1.807) is 17.0 Å². The molecule has 3 aromatic rings. The Morgan fingerprint density at radius 2 is 2.00 bits per heavy atom. The lowest BCUT2D eigenvalue weighted by atomic mass is 9.72. The molecule has 39 heavy (non-hydrogen) atoms. The maximum atomic E-state index is 15.1. The number of benzene rings is 2. The number of carbonyl (C=O) groups excluding carboxylic acids is 1. The number of halogens is 1. The van der Waals surface area contributed by atoms with Crippen LogP contribution in [0.15, 0.2) is 36.4 Å². The van der Waals surface area contributed by atoms with E-state index in [2.05, 4.69) is 16.6 Å². The number of anilines is 1. The standard InChI is InChI=1S/C27H28FN3O7S/c1-14-9-27(10-14)13-31(26(34)38-27)15(2)18-4-3-5-19-22(24(25(32)33)29-23(18)19)16-6-7-21(20(28)8-16)30-39(35,36)17-11-37-12-17/h3-8,14-15,17,29-30H,9-13H2,1-2H3,(H,32,33)/t14?,15-,27?/m0/s1. The number of rotatable bonds is 7. The molecule has 2 aliphatic heterocycles. The molecule has 0 bridgehead atoms. The number of aromatic carboxylic acids is 1. The Balaban J connectivity index is 1.37. The van der Waals surface area contributed by atoms with Crippen LogP contribution >= 0.6 is 0 Å². The maximum Gasteiger partial charge on any atom is 0.411 e. The fraction of sp³-hybridized carbons (Fsp3) is 0.407. The number of nitrogens with one attached hydrogen (secondary N) is 2. The van der Waals surface area contributed by atoms with E-state index >= 15 is 4.39 Å². The van der Waals surface area contributed by atoms with Crippen molar-refractivity contribution in [3.63, 3.8) is 0 Å². The van der Waals surface area contributed by atoms with Gasteiger partial charge in [0.1, 0.15) is 22.4 Å². The zero-order chi connectivity index (χ0) is 27.7. The average Bonchev–Trinajstić information content (AvgIpc) is 3.36. The van der Waals surface area contributed by atoms with Gasteiger partial charge in [-0.05, 0) is 48.9 Å². The van der Waals surface area contributed by atoms with Gasteiger partial charge >= 0.3 is 12.1 Å². The van der Waals surface area contributed by atoms with E-state index in [4.69, 9.17) is 9.47 Å². The molecule has 2 aromatic carbocycles. The van der Waals surface area contributed by atoms with E-state index in [1.807, 2.05) is 13.0 Å². The van der Waals surface area contributed by atoms with Gasteiger partial charge in [-0.25, -0.2) is 22.4 Å². The van der Waals surface area contributed by atoms with Crippen molar-refractivity contribution in [1.82, 2.24) is 9.88 Å². The highest BCUT2D eigenvalue weighted by Gasteiger charge is 2.53. The Morgan fingerprint density at radius 3 is 2.62 bits per heavy atom. The Kier molecular flexibility index (Phi) is 5.88. The number of amides is 1. The van der Waals surface area contributed by atoms with Gasteiger partial charge in [-0.3, -0.25) is 9.62 Å². The van der Waals surface area contributed by atoms with Crippen molar-refractivity contribution in [2.24, 2.45) is 5.92 Å². The molecule has 10 nitrogen and oxygen atoms in total. The molecule has 1 spiro atoms. The molecule has 1 aromatic heterocycles. The van der Waals surface area contributed by atoms with Crippen LogP contribution < -0.4 is 4.72 Å². The third-order valence-electron chi connectivity index (χ3n) is 7.99. The summed E-state index contributed by atoms with van der Waals surface area (Å²) in [7, 11) is -3.82. The SMILES string of the molecule is CC1CC2(C1)CN([C@@H](C)c1cccc3c(-c4ccc(NS(=O)(=O)C5COC5)c(F)c4)c(C(=O)O)[nH]c13)C(=O)O2. The number of aromatic nitrogens is 1. The lowest BCUT2D eigenvalue weighted by Crippen LogP contribution is -2.46. The van der Waals surface area contributed by atoms with Crippen LogP contribution in [0.2, 0.25) is 0 Å². The van der Waals surface area contributed by atoms with Crippen molar-refractivity contribution in [3.05, 3.63) is 53.5 Å². The summed E-state index contributed by atoms with van der Waals surface area (Å²) in [6, 6.07) is 8.77. The summed E-state index contributed by atoms with van der Waals surface area (Å²) in [4.78, 5) is 29.7. The van der Waals surface area contributed by atoms with Gasteiger partial charge < -0.3 is 19.6 Å². The number of ether oxygens (including phenoxy) is 2. The smallest absolute Gasteiger partial charge is 0.411 e. The Morgan fingerprint density at radius 1 is 1.26 bits per heavy atom. The van der Waals surface area contributed by atoms with E-state index in [-0.39, 0.29) is 35.7 Å². The summed E-state index contributed by atoms with van der Waals surface area (Å²) in [6.45, 7) is 4.53. The van der Waals surface area contributed by atoms with Gasteiger partial charge in [-0.2, -0.15) is 0 Å². The number of hydrogen-bond acceptors (Lipinski definition) is 6. The predicted octanol–water partition coefficient (Wildman–Crippen LogP) is 4.49. The number of carboxylic acid groups (broad SMARTS) is 1. The predicted molar refractivity (Wildman–Crippen MR) is 141 cm³/mol. The number of nitrogens with zero attached hydrogens (tertiary/aromatic N) is 1. The van der Waals surface area contributed by atoms with Crippen LogP contribution in [0.3, 0.4) is 0 Å². The van der Waals surface area contributed by atoms with Gasteiger partial charge in [0.2, 0.25) is 10.0 Å². The van der Waals surface area contributed by atoms with E-state index < -0.39 is 44.8 Å². The highest BCUT2D eigenvalue weighted by atomic mass is 32.2. The number of H-pyrrole nitrogens is 1. The highest BCUT2D eigenvalue weighted by molar-refractivity contribution is 7.93. The fourth-order valence-electron chi connectivity index (χ4n) is 5.97. The Bertz CT molecular complexity index is 1610. The third-order valence-corrected chi connectivity index (χ3v) is 9.65. The van der Waals surface area contributed by atoms with Crippen molar-refractivity contribution in [3.8, 4) is 11.1 Å². The van der Waals surface area contributed by atoms with Gasteiger partial charge in [0.05, 0.1) is 37.0 Å². The molecule has 1 saturated carbocycles. The minimum Gasteiger partial charge on any atom is -0.477 e. The minimum atomic E-state index is -3.82. The first-order valence-electron chi connectivity index (χ1n) is 12.7. The average molecular weight is 558 g/mol. The number of hydrogen-bond donors (Lipinski definition) is 3. The molecule has 3 N–H and O–H groups in total. The van der Waals surface area contributed by atoms with Crippen molar-refractivity contribution >= 4 is 38.7 Å². The zero-order valence-electron chi connectivity index (χ0n) is 21.4. The molecular weight excluding hydrogens is 529 g/mol. The topological polar surface area (TPSA) is 138 Å². The van der Waals surface area contributed by atoms with Gasteiger partial charge in [-0.1, -0.05) is 31.2 Å². The number of fused-ring (bicyclic) bond motifs is 1. The maximum absolute atomic E-state index is 15.1. The second kappa shape index (κ2) is 8.95. The van der Waals surface area contributed by atoms with Crippen LogP contribution in [0.4, 0.5) is 14.9 Å². The number of para-hydroxylation sites is 1. The molecule has 3 aliphatic rings. The Hall–Kier alpha value is -3.64. The first kappa shape index (κ1) is 25.6. The van der Waals surface area contributed by atoms with Crippen LogP contribution in [0.25, 0.3) is 22.0 Å². The Labute approximate surface area is 224 Å². The molecule has 206 valence electrons. The summed E-state index contributed by atoms with van der Waals surface area (Å²) in [5.74, 6) is -1.58. The molecule has 6 rings (SSSR count). The molecular formula is C27H28FN3O7S. The summed E-state index contributed by atoms with van der Waals surface area (Å²) in [5.41, 5.74) is 0.914. The van der Waals surface area contributed by atoms with Crippen LogP contribution in [0.5, 0.6) is 0 Å². The van der Waals surface area contributed by atoms with Gasteiger partial charge in [-0.15, -0.1) is 0 Å². The van der Waals surface area contributed by atoms with Crippen molar-refractivity contribution < 1.29 is 37.0 Å². The van der Waals surface area contributed by atoms with E-state index in [0.29, 0.717) is 28.9 Å². The number of carboxylic acids is 1. The van der Waals surface area contributed by atoms with Gasteiger partial charge in [0, 0.05) is 10.9 Å². The van der Waals surface area contributed by atoms with Crippen LogP contribution in [0, 0.1) is 11.7 Å². The number of sulfonamides is 1. The highest BCUT2D eigenvalue weighted by Crippen LogP contribution is 2.47. The molecule has 12 heteroatoms. The number of carbonyl (C=O) groups is 2. The van der Waals surface area contributed by atoms with E-state index in [1.165, 1.54) is 12.1 Å². The second-order valence-electron chi connectivity index (χ2n) is 10.8. The first-order chi connectivity index (χ1) is 18.5. The quantitative estimate of drug-likeness (QED) is 0.389. The lowest BCUT2D eigenvalue weighted by molar-refractivity contribution is -0.0410. The normalized spacial score (nSPS) is 23.9. The van der Waals surface area contributed by atoms with Crippen molar-refractivity contribution in [1.29, 1.82) is 0 Å². The molecule has 3 heterocycles. The zero-order valence-corrected chi connectivity index (χ0v) is 22.2. The minimum absolute atomic E-state index is 0.0440. The summed E-state index contributed by atoms with van der Waals surface area (Å²) >= 11 is 0. The van der Waals surface area contributed by atoms with E-state index in [0.717, 1.165) is 18.9 Å². The monoisotopic (exact) mass is 557 g/mol. The van der Waals surface area contributed by atoms with Crippen molar-refractivity contribution in [2.75, 3.05) is 24.5 Å². The number of aromatic amines is 1. The molecule has 3 fully saturated rings. The lowest BCUT2D eigenvalue weighted by Gasteiger charge is -2.41. The molecule has 0 unspecified atom stereocenters.